The lowest BCUT2D eigenvalue weighted by molar-refractivity contribution is 0.0985. The molecule has 37 heavy (non-hydrogen) atoms. The van der Waals surface area contributed by atoms with Gasteiger partial charge >= 0.3 is 0 Å². The van der Waals surface area contributed by atoms with Crippen molar-refractivity contribution in [3.8, 4) is 0 Å². The van der Waals surface area contributed by atoms with E-state index in [4.69, 9.17) is 4.98 Å². The summed E-state index contributed by atoms with van der Waals surface area (Å²) >= 11 is 1.50. The number of sulfonamides is 1. The Morgan fingerprint density at radius 3 is 2.08 bits per heavy atom. The lowest BCUT2D eigenvalue weighted by Crippen LogP contribution is -2.37. The number of aryl methyl sites for hydroxylation is 2. The van der Waals surface area contributed by atoms with Crippen molar-refractivity contribution in [3.05, 3.63) is 53.1 Å². The average Bonchev–Trinajstić information content (AvgIpc) is 3.31. The first-order chi connectivity index (χ1) is 17.6. The molecule has 7 nitrogen and oxygen atoms in total. The maximum Gasteiger partial charge on any atom is 0.260 e. The molecule has 0 N–H and O–H groups in total. The van der Waals surface area contributed by atoms with E-state index in [-0.39, 0.29) is 10.8 Å². The van der Waals surface area contributed by atoms with E-state index in [0.29, 0.717) is 36.9 Å². The molecule has 0 radical (unpaired) electrons. The fourth-order valence-corrected chi connectivity index (χ4v) is 6.58. The predicted octanol–water partition coefficient (Wildman–Crippen LogP) is 5.71. The lowest BCUT2D eigenvalue weighted by Gasteiger charge is -2.23. The zero-order valence-corrected chi connectivity index (χ0v) is 24.6. The Morgan fingerprint density at radius 2 is 1.51 bits per heavy atom. The van der Waals surface area contributed by atoms with Crippen LogP contribution in [0, 0.1) is 13.8 Å². The molecule has 0 bridgehead atoms. The molecule has 3 rings (SSSR count). The van der Waals surface area contributed by atoms with Gasteiger partial charge in [0.1, 0.15) is 0 Å². The van der Waals surface area contributed by atoms with Crippen LogP contribution < -0.4 is 4.90 Å². The molecular formula is C28H40N4O3S2. The number of benzene rings is 2. The van der Waals surface area contributed by atoms with Crippen molar-refractivity contribution >= 4 is 42.6 Å². The number of hydrogen-bond acceptors (Lipinski definition) is 6. The Morgan fingerprint density at radius 1 is 0.892 bits per heavy atom. The SMILES string of the molecule is CCCCN(CCCC)S(=O)(=O)c1ccc(C(=O)N(CCN(C)C)c2nc3c(C)c(C)ccc3s2)cc1. The summed E-state index contributed by atoms with van der Waals surface area (Å²) in [6, 6.07) is 10.5. The highest BCUT2D eigenvalue weighted by molar-refractivity contribution is 7.89. The van der Waals surface area contributed by atoms with E-state index < -0.39 is 10.0 Å². The van der Waals surface area contributed by atoms with Crippen LogP contribution in [0.25, 0.3) is 10.2 Å². The summed E-state index contributed by atoms with van der Waals surface area (Å²) < 4.78 is 29.3. The monoisotopic (exact) mass is 544 g/mol. The third-order valence-corrected chi connectivity index (χ3v) is 9.54. The molecule has 1 aromatic heterocycles. The summed E-state index contributed by atoms with van der Waals surface area (Å²) in [5, 5.41) is 0.651. The van der Waals surface area contributed by atoms with Gasteiger partial charge in [-0.25, -0.2) is 13.4 Å². The summed E-state index contributed by atoms with van der Waals surface area (Å²) in [7, 11) is 0.322. The number of thiazole rings is 1. The van der Waals surface area contributed by atoms with Crippen LogP contribution in [-0.2, 0) is 10.0 Å². The number of carbonyl (C=O) groups excluding carboxylic acids is 1. The average molecular weight is 545 g/mol. The van der Waals surface area contributed by atoms with Crippen LogP contribution in [-0.4, -0.2) is 68.8 Å². The molecule has 0 atom stereocenters. The van der Waals surface area contributed by atoms with Crippen LogP contribution in [0.1, 0.15) is 61.0 Å². The third kappa shape index (κ3) is 6.96. The number of anilines is 1. The maximum absolute atomic E-state index is 13.7. The van der Waals surface area contributed by atoms with Gasteiger partial charge in [0.25, 0.3) is 5.91 Å². The predicted molar refractivity (Wildman–Crippen MR) is 154 cm³/mol. The topological polar surface area (TPSA) is 73.8 Å². The number of hydrogen-bond donors (Lipinski definition) is 0. The van der Waals surface area contributed by atoms with Crippen molar-refractivity contribution in [3.63, 3.8) is 0 Å². The largest absolute Gasteiger partial charge is 0.308 e. The van der Waals surface area contributed by atoms with Gasteiger partial charge in [-0.3, -0.25) is 9.69 Å². The zero-order valence-electron chi connectivity index (χ0n) is 23.0. The van der Waals surface area contributed by atoms with Gasteiger partial charge < -0.3 is 4.90 Å². The first-order valence-electron chi connectivity index (χ1n) is 13.0. The lowest BCUT2D eigenvalue weighted by atomic mass is 10.1. The summed E-state index contributed by atoms with van der Waals surface area (Å²) in [6.45, 7) is 10.4. The van der Waals surface area contributed by atoms with E-state index in [1.807, 2.05) is 19.0 Å². The van der Waals surface area contributed by atoms with Gasteiger partial charge in [-0.05, 0) is 82.2 Å². The second-order valence-electron chi connectivity index (χ2n) is 9.75. The quantitative estimate of drug-likeness (QED) is 0.275. The smallest absolute Gasteiger partial charge is 0.260 e. The van der Waals surface area contributed by atoms with Crippen LogP contribution in [0.2, 0.25) is 0 Å². The minimum Gasteiger partial charge on any atom is -0.308 e. The van der Waals surface area contributed by atoms with Crippen LogP contribution in [0.15, 0.2) is 41.3 Å². The summed E-state index contributed by atoms with van der Waals surface area (Å²) in [6.07, 6.45) is 3.50. The molecule has 0 spiro atoms. The van der Waals surface area contributed by atoms with E-state index in [1.165, 1.54) is 16.9 Å². The Kier molecular flexibility index (Phi) is 10.2. The molecule has 0 saturated carbocycles. The molecule has 202 valence electrons. The molecule has 1 heterocycles. The van der Waals surface area contributed by atoms with E-state index >= 15 is 0 Å². The molecule has 0 unspecified atom stereocenters. The first kappa shape index (κ1) is 29.2. The molecule has 0 aliphatic carbocycles. The molecule has 1 amide bonds. The highest BCUT2D eigenvalue weighted by atomic mass is 32.2. The van der Waals surface area contributed by atoms with Gasteiger partial charge in [-0.15, -0.1) is 0 Å². The number of aromatic nitrogens is 1. The summed E-state index contributed by atoms with van der Waals surface area (Å²) in [5.41, 5.74) is 3.64. The maximum atomic E-state index is 13.7. The summed E-state index contributed by atoms with van der Waals surface area (Å²) in [4.78, 5) is 22.5. The van der Waals surface area contributed by atoms with Crippen LogP contribution in [0.4, 0.5) is 5.13 Å². The second kappa shape index (κ2) is 13.0. The van der Waals surface area contributed by atoms with Gasteiger partial charge in [0.15, 0.2) is 5.13 Å². The van der Waals surface area contributed by atoms with Gasteiger partial charge in [0, 0.05) is 31.7 Å². The Labute approximate surface area is 226 Å². The molecule has 2 aromatic carbocycles. The zero-order chi connectivity index (χ0) is 27.2. The minimum absolute atomic E-state index is 0.187. The minimum atomic E-state index is -3.62. The number of carbonyl (C=O) groups is 1. The Balaban J connectivity index is 1.91. The highest BCUT2D eigenvalue weighted by Crippen LogP contribution is 2.32. The van der Waals surface area contributed by atoms with Crippen LogP contribution in [0.3, 0.4) is 0 Å². The van der Waals surface area contributed by atoms with Gasteiger partial charge in [0.05, 0.1) is 15.1 Å². The number of nitrogens with zero attached hydrogens (tertiary/aromatic N) is 4. The van der Waals surface area contributed by atoms with Gasteiger partial charge in [-0.2, -0.15) is 4.31 Å². The van der Waals surface area contributed by atoms with Crippen molar-refractivity contribution in [2.45, 2.75) is 58.3 Å². The Bertz CT molecular complexity index is 1290. The van der Waals surface area contributed by atoms with Crippen LogP contribution in [0.5, 0.6) is 0 Å². The number of likely N-dealkylation sites (N-methyl/N-ethyl adjacent to an activating group) is 1. The molecule has 3 aromatic rings. The van der Waals surface area contributed by atoms with E-state index in [1.54, 1.807) is 33.5 Å². The van der Waals surface area contributed by atoms with Crippen molar-refractivity contribution < 1.29 is 13.2 Å². The molecule has 9 heteroatoms. The standard InChI is InChI=1S/C28H40N4O3S2/c1-7-9-17-31(18-10-8-2)37(34,35)24-14-12-23(13-15-24)27(33)32(20-19-30(5)6)28-29-26-22(4)21(3)11-16-25(26)36-28/h11-16H,7-10,17-20H2,1-6H3. The first-order valence-corrected chi connectivity index (χ1v) is 15.3. The van der Waals surface area contributed by atoms with Gasteiger partial charge in [0.2, 0.25) is 10.0 Å². The Hall–Kier alpha value is -2.33. The van der Waals surface area contributed by atoms with Gasteiger partial charge in [-0.1, -0.05) is 44.1 Å². The summed E-state index contributed by atoms with van der Waals surface area (Å²) in [5.74, 6) is -0.187. The van der Waals surface area contributed by atoms with Crippen molar-refractivity contribution in [1.29, 1.82) is 0 Å². The number of rotatable bonds is 13. The number of amides is 1. The van der Waals surface area contributed by atoms with E-state index in [2.05, 4.69) is 39.8 Å². The van der Waals surface area contributed by atoms with E-state index in [0.717, 1.165) is 41.5 Å². The van der Waals surface area contributed by atoms with Crippen molar-refractivity contribution in [2.75, 3.05) is 45.2 Å². The fourth-order valence-electron chi connectivity index (χ4n) is 4.01. The molecule has 0 fully saturated rings. The molecule has 0 aliphatic heterocycles. The normalized spacial score (nSPS) is 12.1. The third-order valence-electron chi connectivity index (χ3n) is 6.58. The van der Waals surface area contributed by atoms with Crippen molar-refractivity contribution in [1.82, 2.24) is 14.2 Å². The molecule has 0 saturated heterocycles. The fraction of sp³-hybridized carbons (Fsp3) is 0.500. The number of unbranched alkanes of at least 4 members (excludes halogenated alkanes) is 2. The molecule has 0 aliphatic rings. The van der Waals surface area contributed by atoms with E-state index in [9.17, 15) is 13.2 Å². The molecular weight excluding hydrogens is 504 g/mol. The highest BCUT2D eigenvalue weighted by Gasteiger charge is 2.26. The van der Waals surface area contributed by atoms with Crippen molar-refractivity contribution in [2.24, 2.45) is 0 Å². The van der Waals surface area contributed by atoms with Crippen LogP contribution >= 0.6 is 11.3 Å². The number of fused-ring (bicyclic) bond motifs is 1. The second-order valence-corrected chi connectivity index (χ2v) is 12.7.